The minimum Gasteiger partial charge on any atom is -0.378 e. The molecule has 2 saturated heterocycles. The van der Waals surface area contributed by atoms with Gasteiger partial charge >= 0.3 is 0 Å². The molecule has 3 unspecified atom stereocenters. The molecule has 1 aliphatic carbocycles. The lowest BCUT2D eigenvalue weighted by Crippen LogP contribution is -2.41. The largest absolute Gasteiger partial charge is 0.378 e. The van der Waals surface area contributed by atoms with Crippen LogP contribution in [-0.2, 0) is 4.74 Å². The Morgan fingerprint density at radius 1 is 1.18 bits per heavy atom. The molecule has 98 valence electrons. The minimum atomic E-state index is -2.53. The van der Waals surface area contributed by atoms with E-state index in [1.807, 2.05) is 0 Å². The Hall–Kier alpha value is -0.220. The van der Waals surface area contributed by atoms with E-state index >= 15 is 0 Å². The van der Waals surface area contributed by atoms with Gasteiger partial charge in [-0.1, -0.05) is 13.8 Å². The summed E-state index contributed by atoms with van der Waals surface area (Å²) in [6.45, 7) is 3.49. The number of piperidine rings is 1. The van der Waals surface area contributed by atoms with Gasteiger partial charge in [-0.2, -0.15) is 0 Å². The van der Waals surface area contributed by atoms with Crippen molar-refractivity contribution in [2.45, 2.75) is 63.6 Å². The van der Waals surface area contributed by atoms with Crippen molar-refractivity contribution in [1.29, 1.82) is 0 Å². The monoisotopic (exact) mass is 245 g/mol. The molecule has 0 aromatic rings. The molecule has 2 aliphatic heterocycles. The summed E-state index contributed by atoms with van der Waals surface area (Å²) in [5, 5.41) is 3.53. The quantitative estimate of drug-likeness (QED) is 0.825. The number of hydrogen-bond donors (Lipinski definition) is 1. The van der Waals surface area contributed by atoms with E-state index in [0.717, 1.165) is 12.8 Å². The first kappa shape index (κ1) is 11.8. The molecule has 0 aromatic heterocycles. The van der Waals surface area contributed by atoms with Crippen molar-refractivity contribution in [3.8, 4) is 0 Å². The van der Waals surface area contributed by atoms with Gasteiger partial charge in [-0.15, -0.1) is 0 Å². The molecular formula is C13H21F2NO. The highest BCUT2D eigenvalue weighted by molar-refractivity contribution is 5.13. The number of alkyl halides is 2. The first-order chi connectivity index (χ1) is 7.91. The van der Waals surface area contributed by atoms with E-state index in [0.29, 0.717) is 12.1 Å². The lowest BCUT2D eigenvalue weighted by atomic mass is 10.0. The van der Waals surface area contributed by atoms with E-state index in [1.165, 1.54) is 12.8 Å². The molecule has 2 heterocycles. The fraction of sp³-hybridized carbons (Fsp3) is 1.00. The molecule has 17 heavy (non-hydrogen) atoms. The van der Waals surface area contributed by atoms with Gasteiger partial charge in [-0.05, 0) is 25.7 Å². The highest BCUT2D eigenvalue weighted by Crippen LogP contribution is 2.65. The predicted molar refractivity (Wildman–Crippen MR) is 61.1 cm³/mol. The molecule has 1 saturated carbocycles. The molecule has 2 bridgehead atoms. The van der Waals surface area contributed by atoms with Gasteiger partial charge in [0.15, 0.2) is 0 Å². The van der Waals surface area contributed by atoms with Crippen LogP contribution in [0.5, 0.6) is 0 Å². The second-order valence-electron chi connectivity index (χ2n) is 6.46. The summed E-state index contributed by atoms with van der Waals surface area (Å²) in [5.41, 5.74) is -0.862. The number of ether oxygens (including phenoxy) is 1. The Kier molecular flexibility index (Phi) is 2.54. The lowest BCUT2D eigenvalue weighted by Gasteiger charge is -2.29. The standard InChI is InChI=1S/C13H21F2NO/c1-12(2)11(13(12,14)15)7-17-10-5-8-3-4-9(6-10)16-8/h8-11,16H,3-7H2,1-2H3. The van der Waals surface area contributed by atoms with Gasteiger partial charge in [0, 0.05) is 17.5 Å². The Morgan fingerprint density at radius 3 is 2.18 bits per heavy atom. The van der Waals surface area contributed by atoms with Gasteiger partial charge in [0.05, 0.1) is 18.6 Å². The summed E-state index contributed by atoms with van der Waals surface area (Å²) in [4.78, 5) is 0. The zero-order valence-corrected chi connectivity index (χ0v) is 10.5. The van der Waals surface area contributed by atoms with Gasteiger partial charge in [0.2, 0.25) is 0 Å². The van der Waals surface area contributed by atoms with Crippen LogP contribution in [0.3, 0.4) is 0 Å². The van der Waals surface area contributed by atoms with Crippen LogP contribution in [0.4, 0.5) is 8.78 Å². The first-order valence-corrected chi connectivity index (χ1v) is 6.66. The van der Waals surface area contributed by atoms with Gasteiger partial charge < -0.3 is 10.1 Å². The summed E-state index contributed by atoms with van der Waals surface area (Å²) in [5.74, 6) is -3.11. The van der Waals surface area contributed by atoms with Crippen LogP contribution in [0.15, 0.2) is 0 Å². The van der Waals surface area contributed by atoms with Crippen molar-refractivity contribution in [3.63, 3.8) is 0 Å². The summed E-state index contributed by atoms with van der Waals surface area (Å²) in [6.07, 6.45) is 4.62. The van der Waals surface area contributed by atoms with Gasteiger partial charge in [-0.3, -0.25) is 0 Å². The molecule has 0 spiro atoms. The lowest BCUT2D eigenvalue weighted by molar-refractivity contribution is -0.00626. The number of hydrogen-bond acceptors (Lipinski definition) is 2. The normalized spacial score (nSPS) is 45.9. The molecule has 0 radical (unpaired) electrons. The molecule has 0 amide bonds. The first-order valence-electron chi connectivity index (χ1n) is 6.66. The maximum atomic E-state index is 13.4. The van der Waals surface area contributed by atoms with Crippen molar-refractivity contribution >= 4 is 0 Å². The molecule has 3 rings (SSSR count). The Bertz CT molecular complexity index is 293. The van der Waals surface area contributed by atoms with E-state index in [9.17, 15) is 8.78 Å². The Balaban J connectivity index is 1.50. The highest BCUT2D eigenvalue weighted by atomic mass is 19.3. The molecular weight excluding hydrogens is 224 g/mol. The third-order valence-corrected chi connectivity index (χ3v) is 5.01. The Labute approximate surface area is 101 Å². The van der Waals surface area contributed by atoms with Crippen molar-refractivity contribution < 1.29 is 13.5 Å². The molecule has 3 atom stereocenters. The van der Waals surface area contributed by atoms with Gasteiger partial charge in [-0.25, -0.2) is 8.78 Å². The second kappa shape index (κ2) is 3.64. The van der Waals surface area contributed by atoms with E-state index in [1.54, 1.807) is 13.8 Å². The topological polar surface area (TPSA) is 21.3 Å². The summed E-state index contributed by atoms with van der Waals surface area (Å²) in [6, 6.07) is 1.12. The van der Waals surface area contributed by atoms with Crippen molar-refractivity contribution in [2.75, 3.05) is 6.61 Å². The SMILES string of the molecule is CC1(C)C(COC2CC3CCC(C2)N3)C1(F)F. The van der Waals surface area contributed by atoms with Crippen LogP contribution in [-0.4, -0.2) is 30.7 Å². The fourth-order valence-corrected chi connectivity index (χ4v) is 3.44. The molecule has 0 aromatic carbocycles. The van der Waals surface area contributed by atoms with Crippen LogP contribution in [0, 0.1) is 11.3 Å². The van der Waals surface area contributed by atoms with Crippen molar-refractivity contribution in [2.24, 2.45) is 11.3 Å². The third-order valence-electron chi connectivity index (χ3n) is 5.01. The molecule has 3 fully saturated rings. The van der Waals surface area contributed by atoms with Crippen LogP contribution in [0.25, 0.3) is 0 Å². The average molecular weight is 245 g/mol. The third kappa shape index (κ3) is 1.80. The molecule has 1 N–H and O–H groups in total. The van der Waals surface area contributed by atoms with E-state index in [2.05, 4.69) is 5.32 Å². The number of nitrogens with one attached hydrogen (secondary N) is 1. The number of fused-ring (bicyclic) bond motifs is 2. The van der Waals surface area contributed by atoms with Crippen molar-refractivity contribution in [1.82, 2.24) is 5.32 Å². The zero-order valence-electron chi connectivity index (χ0n) is 10.5. The zero-order chi connectivity index (χ0) is 12.3. The maximum absolute atomic E-state index is 13.4. The smallest absolute Gasteiger partial charge is 0.259 e. The van der Waals surface area contributed by atoms with Crippen LogP contribution < -0.4 is 5.32 Å². The summed E-state index contributed by atoms with van der Waals surface area (Å²) in [7, 11) is 0. The molecule has 4 heteroatoms. The van der Waals surface area contributed by atoms with Gasteiger partial charge in [0.1, 0.15) is 0 Å². The minimum absolute atomic E-state index is 0.195. The number of rotatable bonds is 3. The van der Waals surface area contributed by atoms with Crippen LogP contribution in [0.2, 0.25) is 0 Å². The Morgan fingerprint density at radius 2 is 1.71 bits per heavy atom. The van der Waals surface area contributed by atoms with E-state index in [-0.39, 0.29) is 12.7 Å². The summed E-state index contributed by atoms with van der Waals surface area (Å²) >= 11 is 0. The van der Waals surface area contributed by atoms with E-state index < -0.39 is 17.3 Å². The highest BCUT2D eigenvalue weighted by Gasteiger charge is 2.74. The second-order valence-corrected chi connectivity index (χ2v) is 6.46. The van der Waals surface area contributed by atoms with Crippen molar-refractivity contribution in [3.05, 3.63) is 0 Å². The molecule has 3 aliphatic rings. The predicted octanol–water partition coefficient (Wildman–Crippen LogP) is 2.58. The van der Waals surface area contributed by atoms with Gasteiger partial charge in [0.25, 0.3) is 5.92 Å². The maximum Gasteiger partial charge on any atom is 0.259 e. The van der Waals surface area contributed by atoms with Crippen LogP contribution in [0.1, 0.15) is 39.5 Å². The molecule has 2 nitrogen and oxygen atoms in total. The fourth-order valence-electron chi connectivity index (χ4n) is 3.44. The average Bonchev–Trinajstić information content (AvgIpc) is 2.54. The number of halogens is 2. The van der Waals surface area contributed by atoms with Crippen LogP contribution >= 0.6 is 0 Å². The summed E-state index contributed by atoms with van der Waals surface area (Å²) < 4.78 is 32.5. The van der Waals surface area contributed by atoms with E-state index in [4.69, 9.17) is 4.74 Å².